The molecule has 1 heterocycles. The average molecular weight is 333 g/mol. The summed E-state index contributed by atoms with van der Waals surface area (Å²) in [6, 6.07) is 4.49. The third-order valence-corrected chi connectivity index (χ3v) is 4.34. The molecule has 0 unspecified atom stereocenters. The van der Waals surface area contributed by atoms with E-state index >= 15 is 0 Å². The lowest BCUT2D eigenvalue weighted by molar-refractivity contribution is -0.138. The van der Waals surface area contributed by atoms with Gasteiger partial charge in [0.15, 0.2) is 4.34 Å². The Morgan fingerprint density at radius 3 is 2.67 bits per heavy atom. The molecule has 21 heavy (non-hydrogen) atoms. The molecule has 0 bridgehead atoms. The van der Waals surface area contributed by atoms with E-state index in [9.17, 15) is 13.2 Å². The van der Waals surface area contributed by atoms with Gasteiger partial charge in [0.05, 0.1) is 5.56 Å². The van der Waals surface area contributed by atoms with E-state index in [1.54, 1.807) is 6.07 Å². The fourth-order valence-corrected chi connectivity index (χ4v) is 3.12. The van der Waals surface area contributed by atoms with Crippen molar-refractivity contribution in [2.24, 2.45) is 0 Å². The summed E-state index contributed by atoms with van der Waals surface area (Å²) >= 11 is 2.34. The molecular weight excluding hydrogens is 319 g/mol. The monoisotopic (exact) mass is 333 g/mol. The summed E-state index contributed by atoms with van der Waals surface area (Å²) in [5.74, 6) is 0. The molecule has 2 aromatic rings. The largest absolute Gasteiger partial charge is 0.416 e. The van der Waals surface area contributed by atoms with Crippen molar-refractivity contribution in [1.82, 2.24) is 14.7 Å². The maximum Gasteiger partial charge on any atom is 0.416 e. The Kier molecular flexibility index (Phi) is 5.23. The first-order valence-electron chi connectivity index (χ1n) is 6.24. The molecule has 0 atom stereocenters. The second-order valence-corrected chi connectivity index (χ2v) is 6.76. The highest BCUT2D eigenvalue weighted by Crippen LogP contribution is 2.36. The summed E-state index contributed by atoms with van der Waals surface area (Å²) in [6.07, 6.45) is -2.98. The van der Waals surface area contributed by atoms with Crippen LogP contribution in [0.5, 0.6) is 0 Å². The van der Waals surface area contributed by atoms with Crippen LogP contribution in [0.15, 0.2) is 33.8 Å². The van der Waals surface area contributed by atoms with Gasteiger partial charge in [-0.3, -0.25) is 0 Å². The third-order valence-electron chi connectivity index (χ3n) is 2.63. The number of nitrogens with one attached hydrogen (secondary N) is 1. The number of hydrogen-bond donors (Lipinski definition) is 1. The minimum atomic E-state index is -4.37. The Labute approximate surface area is 129 Å². The molecule has 0 aliphatic carbocycles. The molecule has 0 fully saturated rings. The van der Waals surface area contributed by atoms with E-state index in [0.29, 0.717) is 9.24 Å². The van der Waals surface area contributed by atoms with E-state index in [0.717, 1.165) is 11.5 Å². The topological polar surface area (TPSA) is 37.8 Å². The van der Waals surface area contributed by atoms with Gasteiger partial charge in [-0.15, -0.1) is 0 Å². The number of nitrogens with zero attached hydrogens (tertiary/aromatic N) is 2. The van der Waals surface area contributed by atoms with Crippen molar-refractivity contribution >= 4 is 23.3 Å². The normalized spacial score (nSPS) is 12.1. The number of alkyl halides is 3. The summed E-state index contributed by atoms with van der Waals surface area (Å²) in [6.45, 7) is 3.98. The van der Waals surface area contributed by atoms with Gasteiger partial charge in [0, 0.05) is 17.5 Å². The predicted octanol–water partition coefficient (Wildman–Crippen LogP) is 4.21. The molecular formula is C13H14F3N3S2. The van der Waals surface area contributed by atoms with Crippen LogP contribution in [0, 0.1) is 0 Å². The van der Waals surface area contributed by atoms with Crippen LogP contribution in [0.1, 0.15) is 25.0 Å². The summed E-state index contributed by atoms with van der Waals surface area (Å²) in [5, 5.41) is 3.01. The maximum atomic E-state index is 13.2. The quantitative estimate of drug-likeness (QED) is 0.890. The first kappa shape index (κ1) is 16.3. The summed E-state index contributed by atoms with van der Waals surface area (Å²) in [5.41, 5.74) is -0.358. The molecule has 2 rings (SSSR count). The molecule has 8 heteroatoms. The molecule has 0 radical (unpaired) electrons. The molecule has 0 spiro atoms. The Morgan fingerprint density at radius 2 is 2.10 bits per heavy atom. The van der Waals surface area contributed by atoms with Gasteiger partial charge in [0.25, 0.3) is 0 Å². The second-order valence-electron chi connectivity index (χ2n) is 4.66. The molecule has 1 N–H and O–H groups in total. The zero-order valence-corrected chi connectivity index (χ0v) is 13.1. The zero-order chi connectivity index (χ0) is 15.5. The first-order valence-corrected chi connectivity index (χ1v) is 7.83. The summed E-state index contributed by atoms with van der Waals surface area (Å²) in [4.78, 5) is 4.47. The SMILES string of the molecule is CC(C)NCc1ccc(Sc2ncns2)cc1C(F)(F)F. The number of hydrogen-bond acceptors (Lipinski definition) is 5. The Morgan fingerprint density at radius 1 is 1.33 bits per heavy atom. The van der Waals surface area contributed by atoms with Crippen LogP contribution in [0.2, 0.25) is 0 Å². The van der Waals surface area contributed by atoms with Crippen LogP contribution >= 0.6 is 23.3 Å². The van der Waals surface area contributed by atoms with Gasteiger partial charge in [-0.05, 0) is 29.2 Å². The molecule has 1 aromatic carbocycles. The molecule has 1 aromatic heterocycles. The Hall–Kier alpha value is -1.12. The van der Waals surface area contributed by atoms with E-state index in [-0.39, 0.29) is 18.2 Å². The van der Waals surface area contributed by atoms with Crippen LogP contribution in [-0.2, 0) is 12.7 Å². The van der Waals surface area contributed by atoms with Crippen LogP contribution in [0.3, 0.4) is 0 Å². The van der Waals surface area contributed by atoms with Gasteiger partial charge in [-0.1, -0.05) is 31.7 Å². The molecule has 3 nitrogen and oxygen atoms in total. The molecule has 0 aliphatic heterocycles. The highest BCUT2D eigenvalue weighted by Gasteiger charge is 2.33. The van der Waals surface area contributed by atoms with Crippen molar-refractivity contribution in [2.75, 3.05) is 0 Å². The van der Waals surface area contributed by atoms with Crippen molar-refractivity contribution in [3.05, 3.63) is 35.7 Å². The summed E-state index contributed by atoms with van der Waals surface area (Å²) in [7, 11) is 0. The van der Waals surface area contributed by atoms with Crippen LogP contribution in [0.4, 0.5) is 13.2 Å². The average Bonchev–Trinajstić information content (AvgIpc) is 2.89. The molecule has 0 aliphatic rings. The zero-order valence-electron chi connectivity index (χ0n) is 11.4. The van der Waals surface area contributed by atoms with E-state index in [1.807, 2.05) is 13.8 Å². The molecule has 114 valence electrons. The van der Waals surface area contributed by atoms with Gasteiger partial charge in [-0.25, -0.2) is 4.98 Å². The van der Waals surface area contributed by atoms with E-state index in [1.165, 1.54) is 30.2 Å². The first-order chi connectivity index (χ1) is 9.86. The van der Waals surface area contributed by atoms with Crippen LogP contribution in [0.25, 0.3) is 0 Å². The van der Waals surface area contributed by atoms with Gasteiger partial charge in [0.2, 0.25) is 0 Å². The van der Waals surface area contributed by atoms with Crippen molar-refractivity contribution in [3.63, 3.8) is 0 Å². The fraction of sp³-hybridized carbons (Fsp3) is 0.385. The van der Waals surface area contributed by atoms with Gasteiger partial charge in [-0.2, -0.15) is 17.5 Å². The minimum absolute atomic E-state index is 0.126. The number of aromatic nitrogens is 2. The van der Waals surface area contributed by atoms with Crippen LogP contribution in [-0.4, -0.2) is 15.4 Å². The Bertz CT molecular complexity index is 583. The lowest BCUT2D eigenvalue weighted by Gasteiger charge is -2.16. The predicted molar refractivity (Wildman–Crippen MR) is 77.5 cm³/mol. The van der Waals surface area contributed by atoms with Crippen molar-refractivity contribution < 1.29 is 13.2 Å². The number of halogens is 3. The highest BCUT2D eigenvalue weighted by atomic mass is 32.2. The standard InChI is InChI=1S/C13H14F3N3S2/c1-8(2)17-6-9-3-4-10(5-11(9)13(14,15)16)20-12-18-7-19-21-12/h3-5,7-8,17H,6H2,1-2H3. The van der Waals surface area contributed by atoms with Gasteiger partial charge < -0.3 is 5.32 Å². The second kappa shape index (κ2) is 6.76. The van der Waals surface area contributed by atoms with E-state index < -0.39 is 11.7 Å². The lowest BCUT2D eigenvalue weighted by Crippen LogP contribution is -2.23. The van der Waals surface area contributed by atoms with Crippen molar-refractivity contribution in [2.45, 2.75) is 41.8 Å². The van der Waals surface area contributed by atoms with Crippen molar-refractivity contribution in [1.29, 1.82) is 0 Å². The smallest absolute Gasteiger partial charge is 0.310 e. The fourth-order valence-electron chi connectivity index (χ4n) is 1.66. The lowest BCUT2D eigenvalue weighted by atomic mass is 10.1. The molecule has 0 amide bonds. The maximum absolute atomic E-state index is 13.2. The minimum Gasteiger partial charge on any atom is -0.310 e. The number of benzene rings is 1. The number of rotatable bonds is 5. The van der Waals surface area contributed by atoms with Gasteiger partial charge >= 0.3 is 6.18 Å². The molecule has 0 saturated heterocycles. The Balaban J connectivity index is 2.26. The van der Waals surface area contributed by atoms with Crippen LogP contribution < -0.4 is 5.32 Å². The molecule has 0 saturated carbocycles. The van der Waals surface area contributed by atoms with E-state index in [2.05, 4.69) is 14.7 Å². The van der Waals surface area contributed by atoms with E-state index in [4.69, 9.17) is 0 Å². The highest BCUT2D eigenvalue weighted by molar-refractivity contribution is 8.01. The summed E-state index contributed by atoms with van der Waals surface area (Å²) < 4.78 is 44.0. The third kappa shape index (κ3) is 4.69. The van der Waals surface area contributed by atoms with Crippen molar-refractivity contribution in [3.8, 4) is 0 Å². The van der Waals surface area contributed by atoms with Gasteiger partial charge in [0.1, 0.15) is 6.33 Å².